The van der Waals surface area contributed by atoms with E-state index >= 15 is 0 Å². The van der Waals surface area contributed by atoms with Gasteiger partial charge in [-0.15, -0.1) is 0 Å². The van der Waals surface area contributed by atoms with Crippen LogP contribution in [0, 0.1) is 0 Å². The standard InChI is InChI=1S/C15H21NO7S/c1-4-22-15(18)16-12(10-11-8-6-5-7-9-11)13(14(17)21-2)23-24(3,19)20/h5-9,12-13H,4,10H2,1-3H3,(H,16,18). The Labute approximate surface area is 141 Å². The van der Waals surface area contributed by atoms with Gasteiger partial charge in [0.2, 0.25) is 0 Å². The van der Waals surface area contributed by atoms with Crippen molar-refractivity contribution in [1.29, 1.82) is 0 Å². The second-order valence-electron chi connectivity index (χ2n) is 4.91. The van der Waals surface area contributed by atoms with Crippen molar-refractivity contribution in [2.45, 2.75) is 25.5 Å². The van der Waals surface area contributed by atoms with Gasteiger partial charge in [-0.25, -0.2) is 9.59 Å². The smallest absolute Gasteiger partial charge is 0.407 e. The third kappa shape index (κ3) is 6.97. The molecule has 0 saturated heterocycles. The number of carbonyl (C=O) groups excluding carboxylic acids is 2. The quantitative estimate of drug-likeness (QED) is 0.542. The molecule has 8 nitrogen and oxygen atoms in total. The third-order valence-electron chi connectivity index (χ3n) is 2.95. The summed E-state index contributed by atoms with van der Waals surface area (Å²) in [5.74, 6) is -0.918. The van der Waals surface area contributed by atoms with Gasteiger partial charge in [0.05, 0.1) is 26.0 Å². The summed E-state index contributed by atoms with van der Waals surface area (Å²) in [6.45, 7) is 1.75. The Morgan fingerprint density at radius 1 is 1.21 bits per heavy atom. The molecule has 134 valence electrons. The second kappa shape index (κ2) is 9.24. The summed E-state index contributed by atoms with van der Waals surface area (Å²) in [6.07, 6.45) is -1.36. The Morgan fingerprint density at radius 2 is 1.83 bits per heavy atom. The number of methoxy groups -OCH3 is 1. The van der Waals surface area contributed by atoms with Crippen LogP contribution in [0.15, 0.2) is 30.3 Å². The fourth-order valence-corrected chi connectivity index (χ4v) is 2.59. The molecule has 2 unspecified atom stereocenters. The Balaban J connectivity index is 3.09. The molecule has 2 atom stereocenters. The molecule has 0 saturated carbocycles. The van der Waals surface area contributed by atoms with Gasteiger partial charge >= 0.3 is 12.1 Å². The summed E-state index contributed by atoms with van der Waals surface area (Å²) in [4.78, 5) is 23.7. The van der Waals surface area contributed by atoms with Crippen LogP contribution in [0.4, 0.5) is 4.79 Å². The first-order valence-corrected chi connectivity index (χ1v) is 9.01. The van der Waals surface area contributed by atoms with Gasteiger partial charge in [-0.3, -0.25) is 4.18 Å². The highest BCUT2D eigenvalue weighted by molar-refractivity contribution is 7.86. The van der Waals surface area contributed by atoms with Gasteiger partial charge in [0, 0.05) is 0 Å². The van der Waals surface area contributed by atoms with Crippen molar-refractivity contribution < 1.29 is 31.7 Å². The lowest BCUT2D eigenvalue weighted by molar-refractivity contribution is -0.149. The summed E-state index contributed by atoms with van der Waals surface area (Å²) < 4.78 is 37.1. The lowest BCUT2D eigenvalue weighted by atomic mass is 10.0. The minimum atomic E-state index is -3.96. The van der Waals surface area contributed by atoms with Crippen molar-refractivity contribution in [3.8, 4) is 0 Å². The summed E-state index contributed by atoms with van der Waals surface area (Å²) in [7, 11) is -2.85. The Kier molecular flexibility index (Phi) is 7.66. The predicted octanol–water partition coefficient (Wildman–Crippen LogP) is 0.862. The van der Waals surface area contributed by atoms with Crippen LogP contribution in [0.2, 0.25) is 0 Å². The lowest BCUT2D eigenvalue weighted by Gasteiger charge is -2.25. The van der Waals surface area contributed by atoms with Crippen molar-refractivity contribution >= 4 is 22.2 Å². The van der Waals surface area contributed by atoms with E-state index in [1.165, 1.54) is 0 Å². The van der Waals surface area contributed by atoms with Crippen LogP contribution in [0.25, 0.3) is 0 Å². The van der Waals surface area contributed by atoms with Gasteiger partial charge in [-0.2, -0.15) is 8.42 Å². The minimum Gasteiger partial charge on any atom is -0.467 e. The molecule has 9 heteroatoms. The maximum absolute atomic E-state index is 12.0. The summed E-state index contributed by atoms with van der Waals surface area (Å²) in [5.41, 5.74) is 0.769. The molecule has 0 aliphatic carbocycles. The number of rotatable bonds is 8. The van der Waals surface area contributed by atoms with Crippen LogP contribution >= 0.6 is 0 Å². The molecule has 0 aliphatic heterocycles. The summed E-state index contributed by atoms with van der Waals surface area (Å²) >= 11 is 0. The number of alkyl carbamates (subject to hydrolysis) is 1. The lowest BCUT2D eigenvalue weighted by Crippen LogP contribution is -2.50. The predicted molar refractivity (Wildman–Crippen MR) is 85.8 cm³/mol. The molecule has 0 radical (unpaired) electrons. The fraction of sp³-hybridized carbons (Fsp3) is 0.467. The van der Waals surface area contributed by atoms with Crippen molar-refractivity contribution in [3.05, 3.63) is 35.9 Å². The average Bonchev–Trinajstić information content (AvgIpc) is 2.51. The number of hydrogen-bond donors (Lipinski definition) is 1. The molecule has 0 bridgehead atoms. The van der Waals surface area contributed by atoms with Crippen LogP contribution in [0.3, 0.4) is 0 Å². The van der Waals surface area contributed by atoms with Crippen molar-refractivity contribution in [3.63, 3.8) is 0 Å². The van der Waals surface area contributed by atoms with E-state index in [9.17, 15) is 18.0 Å². The molecule has 0 spiro atoms. The van der Waals surface area contributed by atoms with Crippen LogP contribution < -0.4 is 5.32 Å². The van der Waals surface area contributed by atoms with Gasteiger partial charge in [0.25, 0.3) is 10.1 Å². The monoisotopic (exact) mass is 359 g/mol. The molecule has 0 aromatic heterocycles. The normalized spacial score (nSPS) is 13.6. The van der Waals surface area contributed by atoms with Crippen LogP contribution in [0.5, 0.6) is 0 Å². The largest absolute Gasteiger partial charge is 0.467 e. The van der Waals surface area contributed by atoms with E-state index in [1.54, 1.807) is 31.2 Å². The van der Waals surface area contributed by atoms with Gasteiger partial charge < -0.3 is 14.8 Å². The zero-order chi connectivity index (χ0) is 18.2. The first kappa shape index (κ1) is 19.9. The van der Waals surface area contributed by atoms with Crippen molar-refractivity contribution in [2.24, 2.45) is 0 Å². The molecule has 0 aliphatic rings. The fourth-order valence-electron chi connectivity index (χ4n) is 2.00. The minimum absolute atomic E-state index is 0.125. The van der Waals surface area contributed by atoms with E-state index in [0.29, 0.717) is 0 Å². The Morgan fingerprint density at radius 3 is 2.33 bits per heavy atom. The maximum Gasteiger partial charge on any atom is 0.407 e. The zero-order valence-electron chi connectivity index (χ0n) is 13.7. The van der Waals surface area contributed by atoms with Crippen LogP contribution in [-0.4, -0.2) is 52.6 Å². The topological polar surface area (TPSA) is 108 Å². The number of nitrogens with one attached hydrogen (secondary N) is 1. The molecule has 1 rings (SSSR count). The molecular formula is C15H21NO7S. The summed E-state index contributed by atoms with van der Waals surface area (Å²) in [5, 5.41) is 2.45. The maximum atomic E-state index is 12.0. The van der Waals surface area contributed by atoms with Crippen LogP contribution in [0.1, 0.15) is 12.5 Å². The number of amides is 1. The highest BCUT2D eigenvalue weighted by atomic mass is 32.2. The van der Waals surface area contributed by atoms with Gasteiger partial charge in [0.15, 0.2) is 6.10 Å². The molecule has 1 aromatic carbocycles. The molecule has 1 aromatic rings. The average molecular weight is 359 g/mol. The first-order chi connectivity index (χ1) is 11.3. The van der Waals surface area contributed by atoms with E-state index in [0.717, 1.165) is 18.9 Å². The van der Waals surface area contributed by atoms with E-state index in [1.807, 2.05) is 6.07 Å². The summed E-state index contributed by atoms with van der Waals surface area (Å²) in [6, 6.07) is 7.92. The SMILES string of the molecule is CCOC(=O)NC(Cc1ccccc1)C(OS(C)(=O)=O)C(=O)OC. The molecule has 24 heavy (non-hydrogen) atoms. The van der Waals surface area contributed by atoms with E-state index in [4.69, 9.17) is 8.92 Å². The van der Waals surface area contributed by atoms with E-state index in [2.05, 4.69) is 10.1 Å². The van der Waals surface area contributed by atoms with Crippen LogP contribution in [-0.2, 0) is 35.0 Å². The third-order valence-corrected chi connectivity index (χ3v) is 3.51. The molecule has 1 N–H and O–H groups in total. The molecule has 0 fully saturated rings. The zero-order valence-corrected chi connectivity index (χ0v) is 14.5. The Hall–Kier alpha value is -2.13. The molecule has 1 amide bonds. The number of hydrogen-bond acceptors (Lipinski definition) is 7. The molecular weight excluding hydrogens is 338 g/mol. The number of benzene rings is 1. The number of carbonyl (C=O) groups is 2. The highest BCUT2D eigenvalue weighted by Gasteiger charge is 2.35. The van der Waals surface area contributed by atoms with Gasteiger partial charge in [-0.05, 0) is 18.9 Å². The molecule has 0 heterocycles. The van der Waals surface area contributed by atoms with E-state index in [-0.39, 0.29) is 13.0 Å². The first-order valence-electron chi connectivity index (χ1n) is 7.20. The number of esters is 1. The second-order valence-corrected chi connectivity index (χ2v) is 6.51. The highest BCUT2D eigenvalue weighted by Crippen LogP contribution is 2.13. The van der Waals surface area contributed by atoms with E-state index < -0.39 is 34.3 Å². The van der Waals surface area contributed by atoms with Crippen molar-refractivity contribution in [1.82, 2.24) is 5.32 Å². The van der Waals surface area contributed by atoms with Crippen molar-refractivity contribution in [2.75, 3.05) is 20.0 Å². The van der Waals surface area contributed by atoms with Gasteiger partial charge in [0.1, 0.15) is 0 Å². The number of ether oxygens (including phenoxy) is 2. The Bertz CT molecular complexity index is 645. The van der Waals surface area contributed by atoms with Gasteiger partial charge in [-0.1, -0.05) is 30.3 Å².